The van der Waals surface area contributed by atoms with E-state index in [1.165, 1.54) is 0 Å². The maximum atomic E-state index is 12.2. The average molecular weight is 278 g/mol. The van der Waals surface area contributed by atoms with E-state index >= 15 is 0 Å². The van der Waals surface area contributed by atoms with E-state index in [2.05, 4.69) is 26.1 Å². The summed E-state index contributed by atoms with van der Waals surface area (Å²) in [6.07, 6.45) is 3.04. The molecule has 1 N–H and O–H groups in total. The molecule has 0 spiro atoms. The molecule has 2 rings (SSSR count). The van der Waals surface area contributed by atoms with E-state index in [-0.39, 0.29) is 5.56 Å². The highest BCUT2D eigenvalue weighted by Gasteiger charge is 2.08. The molecule has 0 saturated carbocycles. The average Bonchev–Trinajstić information content (AvgIpc) is 2.79. The van der Waals surface area contributed by atoms with Gasteiger partial charge >= 0.3 is 0 Å². The first-order valence-corrected chi connectivity index (χ1v) is 7.63. The van der Waals surface area contributed by atoms with Crippen molar-refractivity contribution in [2.75, 3.05) is 13.1 Å². The smallest absolute Gasteiger partial charge is 0.259 e. The second-order valence-corrected chi connectivity index (χ2v) is 7.02. The van der Waals surface area contributed by atoms with Gasteiger partial charge in [-0.1, -0.05) is 20.8 Å². The molecule has 104 valence electrons. The topological polar surface area (TPSA) is 34.0 Å². The monoisotopic (exact) mass is 278 g/mol. The van der Waals surface area contributed by atoms with Gasteiger partial charge in [0.05, 0.1) is 5.39 Å². The Labute approximate surface area is 118 Å². The normalized spacial score (nSPS) is 12.2. The molecule has 0 saturated heterocycles. The fourth-order valence-electron chi connectivity index (χ4n) is 1.97. The summed E-state index contributed by atoms with van der Waals surface area (Å²) in [7, 11) is 0. The molecule has 0 atom stereocenters. The number of pyridine rings is 1. The van der Waals surface area contributed by atoms with Gasteiger partial charge in [0.1, 0.15) is 0 Å². The van der Waals surface area contributed by atoms with Crippen molar-refractivity contribution in [3.8, 4) is 0 Å². The highest BCUT2D eigenvalue weighted by Crippen LogP contribution is 2.17. The number of aromatic nitrogens is 1. The largest absolute Gasteiger partial charge is 0.315 e. The number of hydrogen-bond donors (Lipinski definition) is 1. The summed E-state index contributed by atoms with van der Waals surface area (Å²) in [5.41, 5.74) is 0.482. The lowest BCUT2D eigenvalue weighted by Gasteiger charge is -2.18. The fourth-order valence-corrected chi connectivity index (χ4v) is 2.74. The van der Waals surface area contributed by atoms with Crippen LogP contribution in [0.25, 0.3) is 10.1 Å². The lowest BCUT2D eigenvalue weighted by molar-refractivity contribution is 0.365. The quantitative estimate of drug-likeness (QED) is 0.853. The van der Waals surface area contributed by atoms with Crippen molar-refractivity contribution < 1.29 is 0 Å². The third kappa shape index (κ3) is 3.91. The van der Waals surface area contributed by atoms with Crippen LogP contribution in [0.5, 0.6) is 0 Å². The zero-order valence-corrected chi connectivity index (χ0v) is 12.7. The van der Waals surface area contributed by atoms with Gasteiger partial charge in [0.25, 0.3) is 5.56 Å². The van der Waals surface area contributed by atoms with Gasteiger partial charge in [0.15, 0.2) is 0 Å². The minimum Gasteiger partial charge on any atom is -0.315 e. The molecule has 2 aromatic heterocycles. The van der Waals surface area contributed by atoms with Crippen LogP contribution >= 0.6 is 11.3 Å². The maximum Gasteiger partial charge on any atom is 0.259 e. The Hall–Kier alpha value is -1.13. The van der Waals surface area contributed by atoms with E-state index in [9.17, 15) is 4.79 Å². The maximum absolute atomic E-state index is 12.2. The molecule has 4 heteroatoms. The number of hydrogen-bond acceptors (Lipinski definition) is 3. The molecule has 0 aromatic carbocycles. The predicted octanol–water partition coefficient (Wildman–Crippen LogP) is 3.09. The number of fused-ring (bicyclic) bond motifs is 1. The predicted molar refractivity (Wildman–Crippen MR) is 83.0 cm³/mol. The molecule has 0 fully saturated rings. The lowest BCUT2D eigenvalue weighted by Crippen LogP contribution is -2.28. The van der Waals surface area contributed by atoms with Crippen molar-refractivity contribution in [3.05, 3.63) is 34.1 Å². The number of thiophene rings is 1. The number of rotatable bonds is 5. The Morgan fingerprint density at radius 2 is 2.05 bits per heavy atom. The van der Waals surface area contributed by atoms with Gasteiger partial charge in [-0.3, -0.25) is 4.79 Å². The summed E-state index contributed by atoms with van der Waals surface area (Å²) in [6, 6.07) is 3.93. The second-order valence-electron chi connectivity index (χ2n) is 6.07. The Bertz CT molecular complexity index is 592. The van der Waals surface area contributed by atoms with Crippen molar-refractivity contribution in [2.24, 2.45) is 5.41 Å². The minimum atomic E-state index is 0.122. The van der Waals surface area contributed by atoms with Gasteiger partial charge in [-0.05, 0) is 35.9 Å². The first kappa shape index (κ1) is 14.3. The van der Waals surface area contributed by atoms with Crippen molar-refractivity contribution >= 4 is 21.4 Å². The highest BCUT2D eigenvalue weighted by atomic mass is 32.1. The Balaban J connectivity index is 1.88. The van der Waals surface area contributed by atoms with Crippen LogP contribution in [0.2, 0.25) is 0 Å². The standard InChI is InChI=1S/C15H22N2OS/c1-15(2,3)6-7-16-8-10-17-9-4-13-12(14(17)18)5-11-19-13/h4-5,9,11,16H,6-8,10H2,1-3H3. The molecular formula is C15H22N2OS. The van der Waals surface area contributed by atoms with Crippen molar-refractivity contribution in [1.82, 2.24) is 9.88 Å². The van der Waals surface area contributed by atoms with Gasteiger partial charge in [-0.2, -0.15) is 0 Å². The van der Waals surface area contributed by atoms with Crippen LogP contribution in [0.4, 0.5) is 0 Å². The van der Waals surface area contributed by atoms with Crippen molar-refractivity contribution in [1.29, 1.82) is 0 Å². The van der Waals surface area contributed by atoms with E-state index in [4.69, 9.17) is 0 Å². The Kier molecular flexibility index (Phi) is 4.42. The number of nitrogens with one attached hydrogen (secondary N) is 1. The molecule has 0 aliphatic heterocycles. The first-order chi connectivity index (χ1) is 8.97. The van der Waals surface area contributed by atoms with E-state index in [0.29, 0.717) is 5.41 Å². The molecule has 3 nitrogen and oxygen atoms in total. The SMILES string of the molecule is CC(C)(C)CCNCCn1ccc2sccc2c1=O. The zero-order valence-electron chi connectivity index (χ0n) is 11.9. The summed E-state index contributed by atoms with van der Waals surface area (Å²) in [6.45, 7) is 9.29. The van der Waals surface area contributed by atoms with Crippen LogP contribution in [0.15, 0.2) is 28.5 Å². The number of nitrogens with zero attached hydrogens (tertiary/aromatic N) is 1. The molecule has 0 aliphatic rings. The van der Waals surface area contributed by atoms with E-state index in [1.54, 1.807) is 15.9 Å². The van der Waals surface area contributed by atoms with Crippen molar-refractivity contribution in [3.63, 3.8) is 0 Å². The summed E-state index contributed by atoms with van der Waals surface area (Å²) >= 11 is 1.62. The van der Waals surface area contributed by atoms with Gasteiger partial charge in [0.2, 0.25) is 0 Å². The Morgan fingerprint density at radius 1 is 1.26 bits per heavy atom. The summed E-state index contributed by atoms with van der Waals surface area (Å²) in [4.78, 5) is 12.2. The van der Waals surface area contributed by atoms with E-state index in [0.717, 1.165) is 36.1 Å². The zero-order chi connectivity index (χ0) is 13.9. The molecule has 19 heavy (non-hydrogen) atoms. The summed E-state index contributed by atoms with van der Waals surface area (Å²) in [5.74, 6) is 0. The molecular weight excluding hydrogens is 256 g/mol. The van der Waals surface area contributed by atoms with Crippen LogP contribution in [-0.4, -0.2) is 17.7 Å². The van der Waals surface area contributed by atoms with Gasteiger partial charge in [-0.25, -0.2) is 0 Å². The second kappa shape index (κ2) is 5.88. The minimum absolute atomic E-state index is 0.122. The van der Waals surface area contributed by atoms with Gasteiger partial charge < -0.3 is 9.88 Å². The van der Waals surface area contributed by atoms with Gasteiger partial charge in [0, 0.05) is 24.0 Å². The first-order valence-electron chi connectivity index (χ1n) is 6.75. The molecule has 0 unspecified atom stereocenters. The van der Waals surface area contributed by atoms with Crippen LogP contribution in [0.3, 0.4) is 0 Å². The Morgan fingerprint density at radius 3 is 2.79 bits per heavy atom. The molecule has 2 heterocycles. The molecule has 0 amide bonds. The molecule has 0 radical (unpaired) electrons. The molecule has 0 aliphatic carbocycles. The third-order valence-electron chi connectivity index (χ3n) is 3.17. The highest BCUT2D eigenvalue weighted by molar-refractivity contribution is 7.17. The van der Waals surface area contributed by atoms with Crippen LogP contribution in [0, 0.1) is 5.41 Å². The lowest BCUT2D eigenvalue weighted by atomic mass is 9.92. The van der Waals surface area contributed by atoms with Crippen molar-refractivity contribution in [2.45, 2.75) is 33.7 Å². The summed E-state index contributed by atoms with van der Waals surface area (Å²) < 4.78 is 2.86. The third-order valence-corrected chi connectivity index (χ3v) is 4.06. The molecule has 0 bridgehead atoms. The van der Waals surface area contributed by atoms with E-state index < -0.39 is 0 Å². The summed E-state index contributed by atoms with van der Waals surface area (Å²) in [5, 5.41) is 6.21. The van der Waals surface area contributed by atoms with Crippen LogP contribution < -0.4 is 10.9 Å². The van der Waals surface area contributed by atoms with Crippen LogP contribution in [0.1, 0.15) is 27.2 Å². The fraction of sp³-hybridized carbons (Fsp3) is 0.533. The van der Waals surface area contributed by atoms with Crippen LogP contribution in [-0.2, 0) is 6.54 Å². The van der Waals surface area contributed by atoms with E-state index in [1.807, 2.05) is 23.7 Å². The van der Waals surface area contributed by atoms with Gasteiger partial charge in [-0.15, -0.1) is 11.3 Å². The molecule has 2 aromatic rings.